The average molecular weight is 474 g/mol. The fourth-order valence-electron chi connectivity index (χ4n) is 3.63. The lowest BCUT2D eigenvalue weighted by Gasteiger charge is -2.31. The smallest absolute Gasteiger partial charge is 0.303 e. The SMILES string of the molecule is C[C@@H](P(c1ccccc1)c1ccccc1)P(=O)(OCc1ccccc1)OCc1ccccc1. The van der Waals surface area contributed by atoms with E-state index in [1.54, 1.807) is 0 Å². The highest BCUT2D eigenvalue weighted by molar-refractivity contribution is 7.83. The van der Waals surface area contributed by atoms with Gasteiger partial charge in [-0.25, -0.2) is 0 Å². The van der Waals surface area contributed by atoms with Crippen molar-refractivity contribution in [3.05, 3.63) is 132 Å². The monoisotopic (exact) mass is 474 g/mol. The summed E-state index contributed by atoms with van der Waals surface area (Å²) in [5.41, 5.74) is 1.94. The summed E-state index contributed by atoms with van der Waals surface area (Å²) in [6, 6.07) is 40.2. The van der Waals surface area contributed by atoms with Crippen molar-refractivity contribution >= 4 is 26.1 Å². The van der Waals surface area contributed by atoms with Crippen molar-refractivity contribution < 1.29 is 13.6 Å². The van der Waals surface area contributed by atoms with E-state index in [0.717, 1.165) is 21.7 Å². The van der Waals surface area contributed by atoms with Crippen LogP contribution in [0.3, 0.4) is 0 Å². The van der Waals surface area contributed by atoms with Crippen LogP contribution in [0.15, 0.2) is 121 Å². The Morgan fingerprint density at radius 2 is 0.939 bits per heavy atom. The number of hydrogen-bond acceptors (Lipinski definition) is 3. The van der Waals surface area contributed by atoms with Crippen molar-refractivity contribution in [1.82, 2.24) is 0 Å². The molecule has 0 saturated carbocycles. The molecule has 0 heterocycles. The van der Waals surface area contributed by atoms with E-state index < -0.39 is 15.5 Å². The zero-order chi connectivity index (χ0) is 22.9. The molecule has 168 valence electrons. The van der Waals surface area contributed by atoms with Gasteiger partial charge in [-0.3, -0.25) is 4.57 Å². The van der Waals surface area contributed by atoms with Crippen LogP contribution >= 0.6 is 15.5 Å². The van der Waals surface area contributed by atoms with Gasteiger partial charge in [0.2, 0.25) is 0 Å². The minimum Gasteiger partial charge on any atom is -0.303 e. The zero-order valence-electron chi connectivity index (χ0n) is 18.7. The van der Waals surface area contributed by atoms with Crippen LogP contribution in [0.4, 0.5) is 0 Å². The Balaban J connectivity index is 1.67. The molecule has 0 spiro atoms. The molecule has 4 rings (SSSR count). The van der Waals surface area contributed by atoms with Gasteiger partial charge < -0.3 is 9.05 Å². The van der Waals surface area contributed by atoms with Crippen LogP contribution in [-0.2, 0) is 26.8 Å². The maximum Gasteiger partial charge on any atom is 0.338 e. The minimum atomic E-state index is -3.50. The second kappa shape index (κ2) is 11.5. The van der Waals surface area contributed by atoms with E-state index in [9.17, 15) is 4.57 Å². The molecule has 0 bridgehead atoms. The summed E-state index contributed by atoms with van der Waals surface area (Å²) in [6.45, 7) is 2.48. The third kappa shape index (κ3) is 6.28. The summed E-state index contributed by atoms with van der Waals surface area (Å²) in [6.07, 6.45) is 0. The van der Waals surface area contributed by atoms with Gasteiger partial charge in [0.25, 0.3) is 0 Å². The molecule has 0 radical (unpaired) electrons. The summed E-state index contributed by atoms with van der Waals surface area (Å²) in [4.78, 5) is 0. The largest absolute Gasteiger partial charge is 0.338 e. The van der Waals surface area contributed by atoms with Gasteiger partial charge in [-0.1, -0.05) is 121 Å². The molecule has 1 atom stereocenters. The second-order valence-corrected chi connectivity index (χ2v) is 13.1. The maximum absolute atomic E-state index is 14.4. The number of benzene rings is 4. The van der Waals surface area contributed by atoms with Crippen LogP contribution in [0.25, 0.3) is 0 Å². The summed E-state index contributed by atoms with van der Waals surface area (Å²) in [5, 5.41) is 1.97. The lowest BCUT2D eigenvalue weighted by atomic mass is 10.2. The molecule has 4 aromatic carbocycles. The molecule has 5 heteroatoms. The van der Waals surface area contributed by atoms with Gasteiger partial charge in [0.1, 0.15) is 0 Å². The molecule has 0 amide bonds. The zero-order valence-corrected chi connectivity index (χ0v) is 20.4. The van der Waals surface area contributed by atoms with Gasteiger partial charge in [0.15, 0.2) is 0 Å². The summed E-state index contributed by atoms with van der Waals surface area (Å²) in [7, 11) is -4.47. The molecule has 0 N–H and O–H groups in total. The van der Waals surface area contributed by atoms with E-state index in [1.807, 2.05) is 104 Å². The maximum atomic E-state index is 14.4. The van der Waals surface area contributed by atoms with Crippen LogP contribution in [0, 0.1) is 0 Å². The van der Waals surface area contributed by atoms with Crippen LogP contribution in [0.1, 0.15) is 18.1 Å². The molecule has 3 nitrogen and oxygen atoms in total. The fraction of sp³-hybridized carbons (Fsp3) is 0.143. The van der Waals surface area contributed by atoms with Crippen molar-refractivity contribution in [3.63, 3.8) is 0 Å². The van der Waals surface area contributed by atoms with E-state index in [1.165, 1.54) is 0 Å². The second-order valence-electron chi connectivity index (χ2n) is 7.73. The van der Waals surface area contributed by atoms with Gasteiger partial charge in [-0.15, -0.1) is 0 Å². The molecule has 4 aromatic rings. The Labute approximate surface area is 197 Å². The highest BCUT2D eigenvalue weighted by atomic mass is 31.2. The fourth-order valence-corrected chi connectivity index (χ4v) is 9.27. The van der Waals surface area contributed by atoms with Gasteiger partial charge in [0, 0.05) is 0 Å². The Morgan fingerprint density at radius 1 is 0.606 bits per heavy atom. The normalized spacial score (nSPS) is 12.5. The molecule has 0 aliphatic carbocycles. The standard InChI is InChI=1S/C28H28O3P2/c1-24(32(27-18-10-4-11-19-27)28-20-12-5-13-21-28)33(29,30-22-25-14-6-2-7-15-25)31-23-26-16-8-3-9-17-26/h2-21,24H,22-23H2,1H3/t24-/m0/s1. The van der Waals surface area contributed by atoms with Gasteiger partial charge in [0.05, 0.1) is 18.6 Å². The molecule has 0 aliphatic heterocycles. The Kier molecular flexibility index (Phi) is 8.26. The molecular weight excluding hydrogens is 446 g/mol. The van der Waals surface area contributed by atoms with Crippen molar-refractivity contribution in [2.24, 2.45) is 0 Å². The van der Waals surface area contributed by atoms with Crippen LogP contribution in [0.5, 0.6) is 0 Å². The third-order valence-electron chi connectivity index (χ3n) is 5.41. The van der Waals surface area contributed by atoms with E-state index in [0.29, 0.717) is 0 Å². The molecule has 0 unspecified atom stereocenters. The predicted octanol–water partition coefficient (Wildman–Crippen LogP) is 7.09. The van der Waals surface area contributed by atoms with Gasteiger partial charge in [-0.05, 0) is 36.6 Å². The average Bonchev–Trinajstić information content (AvgIpc) is 2.89. The number of rotatable bonds is 10. The van der Waals surface area contributed by atoms with Crippen LogP contribution < -0.4 is 10.6 Å². The van der Waals surface area contributed by atoms with Crippen molar-refractivity contribution in [2.45, 2.75) is 25.5 Å². The van der Waals surface area contributed by atoms with Gasteiger partial charge in [-0.2, -0.15) is 0 Å². The first-order valence-electron chi connectivity index (χ1n) is 11.0. The highest BCUT2D eigenvalue weighted by Gasteiger charge is 2.39. The first-order valence-corrected chi connectivity index (χ1v) is 14.0. The van der Waals surface area contributed by atoms with Gasteiger partial charge >= 0.3 is 7.60 Å². The van der Waals surface area contributed by atoms with Crippen molar-refractivity contribution in [1.29, 1.82) is 0 Å². The Bertz CT molecular complexity index is 1070. The summed E-state index contributed by atoms with van der Waals surface area (Å²) in [5.74, 6) is 0. The van der Waals surface area contributed by atoms with E-state index in [4.69, 9.17) is 9.05 Å². The van der Waals surface area contributed by atoms with E-state index >= 15 is 0 Å². The molecule has 0 saturated heterocycles. The van der Waals surface area contributed by atoms with E-state index in [-0.39, 0.29) is 18.6 Å². The highest BCUT2D eigenvalue weighted by Crippen LogP contribution is 2.64. The lowest BCUT2D eigenvalue weighted by molar-refractivity contribution is 0.190. The summed E-state index contributed by atoms with van der Waals surface area (Å²) < 4.78 is 26.8. The molecule has 0 aromatic heterocycles. The number of hydrogen-bond donors (Lipinski definition) is 0. The van der Waals surface area contributed by atoms with Crippen LogP contribution in [-0.4, -0.2) is 5.40 Å². The summed E-state index contributed by atoms with van der Waals surface area (Å²) >= 11 is 0. The molecular formula is C28H28O3P2. The Morgan fingerprint density at radius 3 is 1.30 bits per heavy atom. The lowest BCUT2D eigenvalue weighted by Crippen LogP contribution is -2.21. The van der Waals surface area contributed by atoms with E-state index in [2.05, 4.69) is 24.3 Å². The first-order chi connectivity index (χ1) is 16.2. The quantitative estimate of drug-likeness (QED) is 0.230. The molecule has 33 heavy (non-hydrogen) atoms. The topological polar surface area (TPSA) is 35.5 Å². The molecule has 0 aliphatic rings. The first kappa shape index (κ1) is 23.6. The van der Waals surface area contributed by atoms with Crippen molar-refractivity contribution in [2.75, 3.05) is 0 Å². The predicted molar refractivity (Wildman–Crippen MR) is 139 cm³/mol. The van der Waals surface area contributed by atoms with Crippen LogP contribution in [0.2, 0.25) is 0 Å². The van der Waals surface area contributed by atoms with Crippen molar-refractivity contribution in [3.8, 4) is 0 Å². The Hall–Kier alpha value is -2.54. The third-order valence-corrected chi connectivity index (χ3v) is 11.3. The minimum absolute atomic E-state index is 0.240. The molecule has 0 fully saturated rings.